The Morgan fingerprint density at radius 2 is 1.86 bits per heavy atom. The van der Waals surface area contributed by atoms with Gasteiger partial charge in [-0.2, -0.15) is 0 Å². The minimum Gasteiger partial charge on any atom is -0.496 e. The van der Waals surface area contributed by atoms with Gasteiger partial charge >= 0.3 is 0 Å². The molecule has 21 heavy (non-hydrogen) atoms. The van der Waals surface area contributed by atoms with Crippen molar-refractivity contribution >= 4 is 15.9 Å². The van der Waals surface area contributed by atoms with E-state index in [1.807, 2.05) is 6.07 Å². The largest absolute Gasteiger partial charge is 0.496 e. The summed E-state index contributed by atoms with van der Waals surface area (Å²) in [6.45, 7) is 3.98. The lowest BCUT2D eigenvalue weighted by molar-refractivity contribution is 0.172. The van der Waals surface area contributed by atoms with Gasteiger partial charge in [0.25, 0.3) is 0 Å². The number of ether oxygens (including phenoxy) is 2. The summed E-state index contributed by atoms with van der Waals surface area (Å²) in [4.78, 5) is 2.48. The molecule has 1 aromatic rings. The van der Waals surface area contributed by atoms with Gasteiger partial charge in [-0.1, -0.05) is 0 Å². The van der Waals surface area contributed by atoms with E-state index >= 15 is 0 Å². The van der Waals surface area contributed by atoms with Crippen LogP contribution >= 0.6 is 15.9 Å². The third-order valence-electron chi connectivity index (χ3n) is 4.23. The van der Waals surface area contributed by atoms with Crippen molar-refractivity contribution in [3.05, 3.63) is 22.2 Å². The number of benzene rings is 1. The Morgan fingerprint density at radius 3 is 2.43 bits per heavy atom. The fourth-order valence-electron chi connectivity index (χ4n) is 2.96. The van der Waals surface area contributed by atoms with Crippen LogP contribution in [-0.4, -0.2) is 38.8 Å². The molecule has 118 valence electrons. The van der Waals surface area contributed by atoms with Gasteiger partial charge in [0.15, 0.2) is 0 Å². The molecule has 0 radical (unpaired) electrons. The zero-order valence-electron chi connectivity index (χ0n) is 12.9. The van der Waals surface area contributed by atoms with Gasteiger partial charge in [-0.25, -0.2) is 0 Å². The van der Waals surface area contributed by atoms with E-state index in [0.29, 0.717) is 0 Å². The highest BCUT2D eigenvalue weighted by molar-refractivity contribution is 9.10. The Hall–Kier alpha value is -0.780. The second kappa shape index (κ2) is 8.01. The Balaban J connectivity index is 2.02. The number of nitrogens with two attached hydrogens (primary N) is 1. The molecule has 0 amide bonds. The highest BCUT2D eigenvalue weighted by Gasteiger charge is 2.20. The van der Waals surface area contributed by atoms with Crippen molar-refractivity contribution in [1.29, 1.82) is 0 Å². The van der Waals surface area contributed by atoms with Crippen LogP contribution in [0, 0.1) is 5.92 Å². The topological polar surface area (TPSA) is 47.7 Å². The minimum atomic E-state index is 0.799. The molecule has 0 saturated carbocycles. The summed E-state index contributed by atoms with van der Waals surface area (Å²) < 4.78 is 11.8. The normalized spacial score (nSPS) is 17.0. The molecule has 1 fully saturated rings. The van der Waals surface area contributed by atoms with E-state index < -0.39 is 0 Å². The third-order valence-corrected chi connectivity index (χ3v) is 4.85. The lowest BCUT2D eigenvalue weighted by Crippen LogP contribution is -2.34. The number of piperidine rings is 1. The molecule has 0 unspecified atom stereocenters. The molecule has 1 saturated heterocycles. The van der Waals surface area contributed by atoms with Crippen LogP contribution in [0.25, 0.3) is 0 Å². The Bertz CT molecular complexity index is 460. The number of hydrogen-bond donors (Lipinski definition) is 1. The smallest absolute Gasteiger partial charge is 0.133 e. The molecule has 0 aromatic heterocycles. The third kappa shape index (κ3) is 4.34. The molecule has 1 aliphatic heterocycles. The van der Waals surface area contributed by atoms with E-state index in [1.54, 1.807) is 14.2 Å². The number of likely N-dealkylation sites (tertiary alicyclic amines) is 1. The molecular weight excluding hydrogens is 332 g/mol. The summed E-state index contributed by atoms with van der Waals surface area (Å²) in [5.74, 6) is 2.56. The second-order valence-corrected chi connectivity index (χ2v) is 6.45. The van der Waals surface area contributed by atoms with Crippen molar-refractivity contribution in [2.24, 2.45) is 11.7 Å². The van der Waals surface area contributed by atoms with Crippen LogP contribution in [0.2, 0.25) is 0 Å². The van der Waals surface area contributed by atoms with Crippen molar-refractivity contribution in [3.63, 3.8) is 0 Å². The molecule has 1 aliphatic rings. The molecule has 0 atom stereocenters. The van der Waals surface area contributed by atoms with Gasteiger partial charge < -0.3 is 15.2 Å². The van der Waals surface area contributed by atoms with Crippen molar-refractivity contribution < 1.29 is 9.47 Å². The van der Waals surface area contributed by atoms with E-state index in [1.165, 1.54) is 18.4 Å². The highest BCUT2D eigenvalue weighted by Crippen LogP contribution is 2.34. The van der Waals surface area contributed by atoms with Crippen LogP contribution < -0.4 is 15.2 Å². The Labute approximate surface area is 135 Å². The Morgan fingerprint density at radius 1 is 1.19 bits per heavy atom. The van der Waals surface area contributed by atoms with Gasteiger partial charge in [0.05, 0.1) is 18.7 Å². The van der Waals surface area contributed by atoms with Gasteiger partial charge in [0.2, 0.25) is 0 Å². The first-order chi connectivity index (χ1) is 10.2. The molecule has 1 aromatic carbocycles. The SMILES string of the molecule is COc1cc(CN2CCC(CCN)CC2)c(OC)cc1Br. The standard InChI is InChI=1S/C16H25BrN2O2/c1-20-15-10-14(17)16(21-2)9-13(15)11-19-7-4-12(3-6-18)5-8-19/h9-10,12H,3-8,11,18H2,1-2H3. The summed E-state index contributed by atoms with van der Waals surface area (Å²) in [7, 11) is 3.40. The zero-order valence-corrected chi connectivity index (χ0v) is 14.5. The van der Waals surface area contributed by atoms with Gasteiger partial charge in [-0.15, -0.1) is 0 Å². The average molecular weight is 357 g/mol. The van der Waals surface area contributed by atoms with Crippen molar-refractivity contribution in [2.45, 2.75) is 25.8 Å². The predicted octanol–water partition coefficient (Wildman–Crippen LogP) is 3.03. The fourth-order valence-corrected chi connectivity index (χ4v) is 3.44. The maximum Gasteiger partial charge on any atom is 0.133 e. The lowest BCUT2D eigenvalue weighted by atomic mass is 9.93. The summed E-state index contributed by atoms with van der Waals surface area (Å²) in [5.41, 5.74) is 6.83. The second-order valence-electron chi connectivity index (χ2n) is 5.60. The lowest BCUT2D eigenvalue weighted by Gasteiger charge is -2.32. The number of nitrogens with zero attached hydrogens (tertiary/aromatic N) is 1. The molecule has 0 spiro atoms. The van der Waals surface area contributed by atoms with E-state index in [-0.39, 0.29) is 0 Å². The Kier molecular flexibility index (Phi) is 6.33. The summed E-state index contributed by atoms with van der Waals surface area (Å²) in [5, 5.41) is 0. The fraction of sp³-hybridized carbons (Fsp3) is 0.625. The molecule has 0 aliphatic carbocycles. The molecule has 5 heteroatoms. The van der Waals surface area contributed by atoms with Crippen LogP contribution in [0.1, 0.15) is 24.8 Å². The van der Waals surface area contributed by atoms with Gasteiger partial charge in [0.1, 0.15) is 11.5 Å². The molecule has 2 N–H and O–H groups in total. The number of halogens is 1. The van der Waals surface area contributed by atoms with Crippen LogP contribution in [0.15, 0.2) is 16.6 Å². The first-order valence-electron chi connectivity index (χ1n) is 7.50. The summed E-state index contributed by atoms with van der Waals surface area (Å²) in [6, 6.07) is 4.05. The van der Waals surface area contributed by atoms with Gasteiger partial charge in [-0.3, -0.25) is 4.90 Å². The average Bonchev–Trinajstić information content (AvgIpc) is 2.50. The van der Waals surface area contributed by atoms with Crippen LogP contribution in [0.5, 0.6) is 11.5 Å². The van der Waals surface area contributed by atoms with Crippen molar-refractivity contribution in [3.8, 4) is 11.5 Å². The predicted molar refractivity (Wildman–Crippen MR) is 88.9 cm³/mol. The van der Waals surface area contributed by atoms with E-state index in [9.17, 15) is 0 Å². The monoisotopic (exact) mass is 356 g/mol. The summed E-state index contributed by atoms with van der Waals surface area (Å²) >= 11 is 3.50. The molecular formula is C16H25BrN2O2. The molecule has 1 heterocycles. The van der Waals surface area contributed by atoms with Crippen molar-refractivity contribution in [2.75, 3.05) is 33.9 Å². The van der Waals surface area contributed by atoms with Crippen LogP contribution in [0.4, 0.5) is 0 Å². The maximum atomic E-state index is 5.65. The first-order valence-corrected chi connectivity index (χ1v) is 8.30. The van der Waals surface area contributed by atoms with Gasteiger partial charge in [0, 0.05) is 12.1 Å². The van der Waals surface area contributed by atoms with E-state index in [4.69, 9.17) is 15.2 Å². The van der Waals surface area contributed by atoms with Crippen LogP contribution in [-0.2, 0) is 6.54 Å². The van der Waals surface area contributed by atoms with E-state index in [2.05, 4.69) is 26.9 Å². The quantitative estimate of drug-likeness (QED) is 0.850. The minimum absolute atomic E-state index is 0.799. The van der Waals surface area contributed by atoms with Crippen LogP contribution in [0.3, 0.4) is 0 Å². The van der Waals surface area contributed by atoms with Gasteiger partial charge in [-0.05, 0) is 72.9 Å². The number of hydrogen-bond acceptors (Lipinski definition) is 4. The van der Waals surface area contributed by atoms with E-state index in [0.717, 1.165) is 54.5 Å². The van der Waals surface area contributed by atoms with Crippen molar-refractivity contribution in [1.82, 2.24) is 4.90 Å². The molecule has 0 bridgehead atoms. The molecule has 2 rings (SSSR count). The number of rotatable bonds is 6. The summed E-state index contributed by atoms with van der Waals surface area (Å²) in [6.07, 6.45) is 3.64. The highest BCUT2D eigenvalue weighted by atomic mass is 79.9. The maximum absolute atomic E-state index is 5.65. The molecule has 4 nitrogen and oxygen atoms in total. The zero-order chi connectivity index (χ0) is 15.2. The number of methoxy groups -OCH3 is 2. The first kappa shape index (κ1) is 16.6.